The van der Waals surface area contributed by atoms with Gasteiger partial charge in [-0.3, -0.25) is 24.6 Å². The van der Waals surface area contributed by atoms with Gasteiger partial charge in [-0.05, 0) is 42.5 Å². The Morgan fingerprint density at radius 2 is 1.55 bits per heavy atom. The van der Waals surface area contributed by atoms with Crippen molar-refractivity contribution < 1.29 is 4.79 Å². The van der Waals surface area contributed by atoms with Crippen LogP contribution in [0.1, 0.15) is 10.4 Å². The predicted octanol–water partition coefficient (Wildman–Crippen LogP) is 2.12. The molecule has 110 valence electrons. The van der Waals surface area contributed by atoms with Gasteiger partial charge in [0.25, 0.3) is 17.0 Å². The van der Waals surface area contributed by atoms with Crippen molar-refractivity contribution >= 4 is 34.0 Å². The number of rotatable bonds is 2. The summed E-state index contributed by atoms with van der Waals surface area (Å²) in [7, 11) is 0. The maximum Gasteiger partial charge on any atom is 0.270 e. The fraction of sp³-hybridized carbons (Fsp3) is 0. The summed E-state index contributed by atoms with van der Waals surface area (Å²) in [6.07, 6.45) is 0. The lowest BCUT2D eigenvalue weighted by atomic mass is 10.1. The van der Waals surface area contributed by atoms with Crippen LogP contribution in [-0.2, 0) is 0 Å². The average molecular weight is 316 g/mol. The lowest BCUT2D eigenvalue weighted by Crippen LogP contribution is -2.19. The molecule has 0 radical (unpaired) electrons. The van der Waals surface area contributed by atoms with Gasteiger partial charge in [0, 0.05) is 16.3 Å². The Hall–Kier alpha value is -2.86. The minimum absolute atomic E-state index is 0.206. The number of benzene rings is 2. The number of fused-ring (bicyclic) bond motifs is 1. The quantitative estimate of drug-likeness (QED) is 0.676. The first-order valence-electron chi connectivity index (χ1n) is 6.36. The van der Waals surface area contributed by atoms with Crippen molar-refractivity contribution in [2.45, 2.75) is 0 Å². The van der Waals surface area contributed by atoms with E-state index in [9.17, 15) is 14.4 Å². The first-order chi connectivity index (χ1) is 10.5. The summed E-state index contributed by atoms with van der Waals surface area (Å²) in [4.78, 5) is 35.4. The predicted molar refractivity (Wildman–Crippen MR) is 84.6 cm³/mol. The third kappa shape index (κ3) is 2.64. The Morgan fingerprint density at radius 3 is 2.23 bits per heavy atom. The smallest absolute Gasteiger partial charge is 0.270 e. The number of H-pyrrole nitrogens is 2. The zero-order valence-electron chi connectivity index (χ0n) is 11.1. The van der Waals surface area contributed by atoms with Gasteiger partial charge in [0.1, 0.15) is 0 Å². The van der Waals surface area contributed by atoms with Crippen LogP contribution in [0.15, 0.2) is 52.1 Å². The number of anilines is 1. The minimum atomic E-state index is -0.433. The summed E-state index contributed by atoms with van der Waals surface area (Å²) < 4.78 is 0. The molecular formula is C15H10ClN3O3. The fourth-order valence-corrected chi connectivity index (χ4v) is 2.19. The molecule has 0 atom stereocenters. The largest absolute Gasteiger partial charge is 0.322 e. The number of nitrogens with one attached hydrogen (secondary N) is 3. The second-order valence-electron chi connectivity index (χ2n) is 4.63. The highest BCUT2D eigenvalue weighted by Crippen LogP contribution is 2.15. The second kappa shape index (κ2) is 5.50. The van der Waals surface area contributed by atoms with Crippen LogP contribution in [0.4, 0.5) is 5.69 Å². The maximum absolute atomic E-state index is 12.1. The lowest BCUT2D eigenvalue weighted by Gasteiger charge is -2.06. The summed E-state index contributed by atoms with van der Waals surface area (Å²) in [5.41, 5.74) is 0.0234. The Kier molecular flexibility index (Phi) is 3.52. The van der Waals surface area contributed by atoms with E-state index in [-0.39, 0.29) is 16.7 Å². The molecule has 0 aliphatic rings. The summed E-state index contributed by atoms with van der Waals surface area (Å²) in [5.74, 6) is -0.336. The van der Waals surface area contributed by atoms with Gasteiger partial charge in [0.05, 0.1) is 10.8 Å². The number of carbonyl (C=O) groups excluding carboxylic acids is 1. The van der Waals surface area contributed by atoms with Crippen molar-refractivity contribution in [3.05, 3.63) is 73.8 Å². The van der Waals surface area contributed by atoms with Crippen LogP contribution in [0.25, 0.3) is 10.8 Å². The molecule has 0 aliphatic carbocycles. The van der Waals surface area contributed by atoms with Crippen LogP contribution < -0.4 is 16.4 Å². The molecule has 7 heteroatoms. The fourth-order valence-electron chi connectivity index (χ4n) is 2.06. The number of amides is 1. The van der Waals surface area contributed by atoms with Gasteiger partial charge in [0.2, 0.25) is 0 Å². The number of halogens is 1. The van der Waals surface area contributed by atoms with E-state index in [0.717, 1.165) is 0 Å². The second-order valence-corrected chi connectivity index (χ2v) is 5.07. The molecule has 0 saturated carbocycles. The number of hydrogen-bond donors (Lipinski definition) is 3. The molecule has 2 aromatic carbocycles. The lowest BCUT2D eigenvalue weighted by molar-refractivity contribution is 0.102. The maximum atomic E-state index is 12.1. The monoisotopic (exact) mass is 315 g/mol. The molecule has 0 saturated heterocycles. The van der Waals surface area contributed by atoms with Gasteiger partial charge < -0.3 is 5.32 Å². The van der Waals surface area contributed by atoms with Gasteiger partial charge in [-0.1, -0.05) is 11.6 Å². The van der Waals surface area contributed by atoms with Crippen molar-refractivity contribution in [2.24, 2.45) is 0 Å². The van der Waals surface area contributed by atoms with Crippen LogP contribution in [0.3, 0.4) is 0 Å². The highest BCUT2D eigenvalue weighted by molar-refractivity contribution is 6.30. The molecule has 1 amide bonds. The van der Waals surface area contributed by atoms with E-state index in [1.165, 1.54) is 12.1 Å². The van der Waals surface area contributed by atoms with Crippen LogP contribution in [-0.4, -0.2) is 16.1 Å². The highest BCUT2D eigenvalue weighted by atomic mass is 35.5. The van der Waals surface area contributed by atoms with Crippen LogP contribution >= 0.6 is 11.6 Å². The van der Waals surface area contributed by atoms with E-state index in [0.29, 0.717) is 16.3 Å². The topological polar surface area (TPSA) is 94.8 Å². The van der Waals surface area contributed by atoms with Crippen molar-refractivity contribution in [3.8, 4) is 0 Å². The zero-order valence-corrected chi connectivity index (χ0v) is 11.9. The molecule has 1 aromatic heterocycles. The molecule has 3 N–H and O–H groups in total. The van der Waals surface area contributed by atoms with Gasteiger partial charge in [-0.15, -0.1) is 0 Å². The normalized spacial score (nSPS) is 10.6. The minimum Gasteiger partial charge on any atom is -0.322 e. The zero-order chi connectivity index (χ0) is 15.7. The molecular weight excluding hydrogens is 306 g/mol. The first kappa shape index (κ1) is 14.1. The van der Waals surface area contributed by atoms with Crippen molar-refractivity contribution in [2.75, 3.05) is 5.32 Å². The molecule has 22 heavy (non-hydrogen) atoms. The Bertz CT molecular complexity index is 974. The van der Waals surface area contributed by atoms with Crippen molar-refractivity contribution in [3.63, 3.8) is 0 Å². The Morgan fingerprint density at radius 1 is 0.909 bits per heavy atom. The van der Waals surface area contributed by atoms with Crippen LogP contribution in [0, 0.1) is 0 Å². The summed E-state index contributed by atoms with van der Waals surface area (Å²) in [5, 5.41) is 8.15. The molecule has 6 nitrogen and oxygen atoms in total. The van der Waals surface area contributed by atoms with E-state index in [4.69, 9.17) is 11.6 Å². The summed E-state index contributed by atoms with van der Waals surface area (Å²) in [6.45, 7) is 0. The number of hydrogen-bond acceptors (Lipinski definition) is 3. The van der Waals surface area contributed by atoms with Gasteiger partial charge in [-0.25, -0.2) is 0 Å². The van der Waals surface area contributed by atoms with E-state index < -0.39 is 11.1 Å². The number of aromatic amines is 2. The van der Waals surface area contributed by atoms with Gasteiger partial charge in [0.15, 0.2) is 0 Å². The molecule has 0 unspecified atom stereocenters. The van der Waals surface area contributed by atoms with Crippen molar-refractivity contribution in [1.29, 1.82) is 0 Å². The van der Waals surface area contributed by atoms with Crippen LogP contribution in [0.5, 0.6) is 0 Å². The third-order valence-corrected chi connectivity index (χ3v) is 3.41. The number of aromatic nitrogens is 2. The summed E-state index contributed by atoms with van der Waals surface area (Å²) >= 11 is 5.77. The summed E-state index contributed by atoms with van der Waals surface area (Å²) in [6, 6.07) is 10.9. The SMILES string of the molecule is O=C(Nc1ccc2c(=O)[nH][nH]c(=O)c2c1)c1ccc(Cl)cc1. The number of carbonyl (C=O) groups is 1. The van der Waals surface area contributed by atoms with E-state index in [1.807, 2.05) is 0 Å². The average Bonchev–Trinajstić information content (AvgIpc) is 2.52. The van der Waals surface area contributed by atoms with E-state index >= 15 is 0 Å². The molecule has 0 fully saturated rings. The third-order valence-electron chi connectivity index (χ3n) is 3.16. The highest BCUT2D eigenvalue weighted by Gasteiger charge is 2.08. The molecule has 0 aliphatic heterocycles. The van der Waals surface area contributed by atoms with Crippen LogP contribution in [0.2, 0.25) is 5.02 Å². The van der Waals surface area contributed by atoms with Gasteiger partial charge in [-0.2, -0.15) is 0 Å². The molecule has 3 rings (SSSR count). The molecule has 0 spiro atoms. The molecule has 1 heterocycles. The first-order valence-corrected chi connectivity index (χ1v) is 6.74. The Labute approximate surface area is 128 Å². The standard InChI is InChI=1S/C15H10ClN3O3/c16-9-3-1-8(2-4-9)13(20)17-10-5-6-11-12(7-10)15(22)19-18-14(11)21/h1-7H,(H,17,20)(H,18,21)(H,19,22). The van der Waals surface area contributed by atoms with E-state index in [1.54, 1.807) is 30.3 Å². The van der Waals surface area contributed by atoms with Gasteiger partial charge >= 0.3 is 0 Å². The molecule has 3 aromatic rings. The Balaban J connectivity index is 1.96. The van der Waals surface area contributed by atoms with Crippen molar-refractivity contribution in [1.82, 2.24) is 10.2 Å². The van der Waals surface area contributed by atoms with E-state index in [2.05, 4.69) is 15.5 Å². The molecule has 0 bridgehead atoms.